The van der Waals surface area contributed by atoms with Crippen molar-refractivity contribution in [1.82, 2.24) is 5.43 Å². The first kappa shape index (κ1) is 15.5. The number of hydrogen-bond acceptors (Lipinski definition) is 2. The highest BCUT2D eigenvalue weighted by atomic mass is 15.3. The maximum Gasteiger partial charge on any atom is 0.0245 e. The van der Waals surface area contributed by atoms with Crippen molar-refractivity contribution in [3.05, 3.63) is 0 Å². The summed E-state index contributed by atoms with van der Waals surface area (Å²) in [7, 11) is 1.86. The summed E-state index contributed by atoms with van der Waals surface area (Å²) in [6.45, 7) is 9.25. The van der Waals surface area contributed by atoms with Gasteiger partial charge in [0.2, 0.25) is 0 Å². The van der Waals surface area contributed by atoms with Gasteiger partial charge in [0.05, 0.1) is 0 Å². The Balaban J connectivity index is 4.30. The fourth-order valence-corrected chi connectivity index (χ4v) is 2.51. The molecule has 0 rings (SSSR count). The SMILES string of the molecule is CCCC(CC)C(C/C=N\NC)CC(C)C. The lowest BCUT2D eigenvalue weighted by atomic mass is 9.79. The van der Waals surface area contributed by atoms with Gasteiger partial charge < -0.3 is 5.43 Å². The van der Waals surface area contributed by atoms with Gasteiger partial charge in [0.1, 0.15) is 0 Å². The summed E-state index contributed by atoms with van der Waals surface area (Å²) in [6, 6.07) is 0. The number of nitrogens with zero attached hydrogens (tertiary/aromatic N) is 1. The molecule has 0 bridgehead atoms. The second-order valence-electron chi connectivity index (χ2n) is 5.12. The van der Waals surface area contributed by atoms with E-state index in [0.29, 0.717) is 0 Å². The molecule has 96 valence electrons. The third-order valence-electron chi connectivity index (χ3n) is 3.25. The minimum atomic E-state index is 0.791. The zero-order chi connectivity index (χ0) is 12.4. The molecule has 0 spiro atoms. The Bertz CT molecular complexity index is 176. The Hall–Kier alpha value is -0.530. The van der Waals surface area contributed by atoms with E-state index in [1.165, 1.54) is 25.7 Å². The average molecular weight is 226 g/mol. The van der Waals surface area contributed by atoms with E-state index < -0.39 is 0 Å². The van der Waals surface area contributed by atoms with Crippen LogP contribution in [0.2, 0.25) is 0 Å². The summed E-state index contributed by atoms with van der Waals surface area (Å²) < 4.78 is 0. The van der Waals surface area contributed by atoms with Crippen LogP contribution in [0.4, 0.5) is 0 Å². The van der Waals surface area contributed by atoms with E-state index in [0.717, 1.165) is 24.2 Å². The molecule has 2 atom stereocenters. The van der Waals surface area contributed by atoms with E-state index in [1.807, 2.05) is 13.3 Å². The van der Waals surface area contributed by atoms with Crippen LogP contribution < -0.4 is 5.43 Å². The molecule has 0 saturated heterocycles. The lowest BCUT2D eigenvalue weighted by Crippen LogP contribution is -2.17. The Morgan fingerprint density at radius 3 is 2.31 bits per heavy atom. The Kier molecular flexibility index (Phi) is 9.36. The van der Waals surface area contributed by atoms with Crippen molar-refractivity contribution in [2.45, 2.75) is 59.8 Å². The van der Waals surface area contributed by atoms with Gasteiger partial charge in [-0.3, -0.25) is 0 Å². The van der Waals surface area contributed by atoms with E-state index in [2.05, 4.69) is 38.2 Å². The molecule has 0 aromatic carbocycles. The smallest absolute Gasteiger partial charge is 0.0245 e. The van der Waals surface area contributed by atoms with Crippen LogP contribution in [0.5, 0.6) is 0 Å². The van der Waals surface area contributed by atoms with Crippen LogP contribution in [0.15, 0.2) is 5.10 Å². The van der Waals surface area contributed by atoms with Crippen molar-refractivity contribution < 1.29 is 0 Å². The molecule has 16 heavy (non-hydrogen) atoms. The largest absolute Gasteiger partial charge is 0.313 e. The monoisotopic (exact) mass is 226 g/mol. The molecule has 0 amide bonds. The summed E-state index contributed by atoms with van der Waals surface area (Å²) >= 11 is 0. The third kappa shape index (κ3) is 6.86. The van der Waals surface area contributed by atoms with Crippen LogP contribution in [0.3, 0.4) is 0 Å². The Morgan fingerprint density at radius 1 is 1.19 bits per heavy atom. The summed E-state index contributed by atoms with van der Waals surface area (Å²) in [5, 5.41) is 4.12. The van der Waals surface area contributed by atoms with Gasteiger partial charge >= 0.3 is 0 Å². The molecular weight excluding hydrogens is 196 g/mol. The van der Waals surface area contributed by atoms with E-state index in [4.69, 9.17) is 0 Å². The van der Waals surface area contributed by atoms with E-state index in [9.17, 15) is 0 Å². The maximum absolute atomic E-state index is 4.12. The van der Waals surface area contributed by atoms with Gasteiger partial charge in [0, 0.05) is 13.3 Å². The minimum Gasteiger partial charge on any atom is -0.313 e. The number of hydrazone groups is 1. The van der Waals surface area contributed by atoms with Crippen molar-refractivity contribution in [3.8, 4) is 0 Å². The van der Waals surface area contributed by atoms with Crippen molar-refractivity contribution in [2.24, 2.45) is 22.9 Å². The topological polar surface area (TPSA) is 24.4 Å². The van der Waals surface area contributed by atoms with Crippen molar-refractivity contribution >= 4 is 6.21 Å². The highest BCUT2D eigenvalue weighted by Gasteiger charge is 2.19. The van der Waals surface area contributed by atoms with Crippen LogP contribution >= 0.6 is 0 Å². The molecule has 0 radical (unpaired) electrons. The lowest BCUT2D eigenvalue weighted by molar-refractivity contribution is 0.265. The minimum absolute atomic E-state index is 0.791. The molecule has 1 N–H and O–H groups in total. The first-order valence-corrected chi connectivity index (χ1v) is 6.83. The van der Waals surface area contributed by atoms with Crippen molar-refractivity contribution in [1.29, 1.82) is 0 Å². The number of rotatable bonds is 9. The van der Waals surface area contributed by atoms with Gasteiger partial charge in [-0.2, -0.15) is 5.10 Å². The fraction of sp³-hybridized carbons (Fsp3) is 0.929. The molecule has 0 fully saturated rings. The molecule has 0 aromatic heterocycles. The molecule has 0 saturated carbocycles. The van der Waals surface area contributed by atoms with E-state index in [1.54, 1.807) is 0 Å². The van der Waals surface area contributed by atoms with Crippen molar-refractivity contribution in [2.75, 3.05) is 7.05 Å². The first-order chi connectivity index (χ1) is 7.65. The number of nitrogens with one attached hydrogen (secondary N) is 1. The predicted molar refractivity (Wildman–Crippen MR) is 73.8 cm³/mol. The molecular formula is C14H30N2. The molecule has 0 aliphatic carbocycles. The lowest BCUT2D eigenvalue weighted by Gasteiger charge is -2.26. The molecule has 2 nitrogen and oxygen atoms in total. The van der Waals surface area contributed by atoms with Crippen LogP contribution in [0.25, 0.3) is 0 Å². The predicted octanol–water partition coefficient (Wildman–Crippen LogP) is 4.07. The first-order valence-electron chi connectivity index (χ1n) is 6.83. The number of hydrogen-bond donors (Lipinski definition) is 1. The van der Waals surface area contributed by atoms with Crippen LogP contribution in [-0.4, -0.2) is 13.3 Å². The Morgan fingerprint density at radius 2 is 1.88 bits per heavy atom. The molecule has 0 aromatic rings. The molecule has 0 aliphatic rings. The van der Waals surface area contributed by atoms with E-state index in [-0.39, 0.29) is 0 Å². The molecule has 0 heterocycles. The van der Waals surface area contributed by atoms with Gasteiger partial charge in [0.15, 0.2) is 0 Å². The van der Waals surface area contributed by atoms with Gasteiger partial charge in [-0.05, 0) is 30.6 Å². The zero-order valence-electron chi connectivity index (χ0n) is 11.8. The Labute approximate surface area is 102 Å². The summed E-state index contributed by atoms with van der Waals surface area (Å²) in [4.78, 5) is 0. The zero-order valence-corrected chi connectivity index (χ0v) is 11.8. The second-order valence-corrected chi connectivity index (χ2v) is 5.12. The second kappa shape index (κ2) is 9.68. The van der Waals surface area contributed by atoms with E-state index >= 15 is 0 Å². The van der Waals surface area contributed by atoms with Crippen LogP contribution in [0, 0.1) is 17.8 Å². The average Bonchev–Trinajstić information content (AvgIpc) is 2.24. The van der Waals surface area contributed by atoms with Crippen LogP contribution in [-0.2, 0) is 0 Å². The van der Waals surface area contributed by atoms with Gasteiger partial charge in [-0.25, -0.2) is 0 Å². The molecule has 2 unspecified atom stereocenters. The van der Waals surface area contributed by atoms with Crippen molar-refractivity contribution in [3.63, 3.8) is 0 Å². The summed E-state index contributed by atoms with van der Waals surface area (Å²) in [6.07, 6.45) is 8.47. The van der Waals surface area contributed by atoms with Crippen LogP contribution in [0.1, 0.15) is 59.8 Å². The summed E-state index contributed by atoms with van der Waals surface area (Å²) in [5.41, 5.74) is 2.83. The normalized spacial score (nSPS) is 15.6. The molecule has 0 aliphatic heterocycles. The standard InChI is InChI=1S/C14H30N2/c1-6-8-13(7-2)14(11-12(3)4)9-10-16-15-5/h10,12-15H,6-9,11H2,1-5H3/b16-10-. The quantitative estimate of drug-likeness (QED) is 0.465. The highest BCUT2D eigenvalue weighted by Crippen LogP contribution is 2.29. The fourth-order valence-electron chi connectivity index (χ4n) is 2.51. The highest BCUT2D eigenvalue weighted by molar-refractivity contribution is 5.57. The summed E-state index contributed by atoms with van der Waals surface area (Å²) in [5.74, 6) is 2.47. The maximum atomic E-state index is 4.12. The van der Waals surface area contributed by atoms with Gasteiger partial charge in [-0.15, -0.1) is 0 Å². The van der Waals surface area contributed by atoms with Gasteiger partial charge in [0.25, 0.3) is 0 Å². The molecule has 2 heteroatoms. The van der Waals surface area contributed by atoms with Gasteiger partial charge in [-0.1, -0.05) is 47.0 Å². The third-order valence-corrected chi connectivity index (χ3v) is 3.25.